The number of ether oxygens (including phenoxy) is 2. The Morgan fingerprint density at radius 2 is 2.06 bits per heavy atom. The van der Waals surface area contributed by atoms with Gasteiger partial charge in [-0.2, -0.15) is 0 Å². The summed E-state index contributed by atoms with van der Waals surface area (Å²) in [5, 5.41) is 0. The normalized spacial score (nSPS) is 14.9. The van der Waals surface area contributed by atoms with Gasteiger partial charge in [0.2, 0.25) is 6.79 Å². The first-order chi connectivity index (χ1) is 8.33. The molecule has 1 aliphatic rings. The van der Waals surface area contributed by atoms with Gasteiger partial charge in [0.1, 0.15) is 5.76 Å². The molecular weight excluding hydrogens is 218 g/mol. The third-order valence-electron chi connectivity index (χ3n) is 2.80. The van der Waals surface area contributed by atoms with Crippen LogP contribution < -0.4 is 15.2 Å². The Hall–Kier alpha value is -1.94. The minimum Gasteiger partial charge on any atom is -0.468 e. The van der Waals surface area contributed by atoms with Gasteiger partial charge in [-0.25, -0.2) is 0 Å². The number of rotatable bonds is 3. The number of nitrogens with two attached hydrogens (primary N) is 1. The Kier molecular flexibility index (Phi) is 2.49. The first kappa shape index (κ1) is 10.2. The van der Waals surface area contributed by atoms with E-state index >= 15 is 0 Å². The third-order valence-corrected chi connectivity index (χ3v) is 2.80. The van der Waals surface area contributed by atoms with Gasteiger partial charge in [-0.15, -0.1) is 0 Å². The lowest BCUT2D eigenvalue weighted by molar-refractivity contribution is 0.174. The Labute approximate surface area is 98.9 Å². The molecule has 0 saturated carbocycles. The van der Waals surface area contributed by atoms with E-state index < -0.39 is 0 Å². The molecule has 2 heterocycles. The van der Waals surface area contributed by atoms with Gasteiger partial charge in [-0.05, 0) is 36.2 Å². The van der Waals surface area contributed by atoms with Crippen molar-refractivity contribution in [1.82, 2.24) is 0 Å². The largest absolute Gasteiger partial charge is 0.468 e. The number of benzene rings is 1. The Balaban J connectivity index is 1.77. The first-order valence-corrected chi connectivity index (χ1v) is 5.50. The highest BCUT2D eigenvalue weighted by atomic mass is 16.7. The van der Waals surface area contributed by atoms with E-state index in [0.717, 1.165) is 22.8 Å². The topological polar surface area (TPSA) is 57.6 Å². The average Bonchev–Trinajstić information content (AvgIpc) is 2.99. The SMILES string of the molecule is NC(Cc1ccc2c(c1)OCO2)c1ccco1. The highest BCUT2D eigenvalue weighted by Crippen LogP contribution is 2.33. The predicted octanol–water partition coefficient (Wildman–Crippen LogP) is 2.25. The molecule has 1 aromatic heterocycles. The molecule has 17 heavy (non-hydrogen) atoms. The minimum atomic E-state index is -0.134. The number of hydrogen-bond acceptors (Lipinski definition) is 4. The molecule has 3 rings (SSSR count). The smallest absolute Gasteiger partial charge is 0.231 e. The molecule has 4 nitrogen and oxygen atoms in total. The zero-order valence-corrected chi connectivity index (χ0v) is 9.26. The standard InChI is InChI=1S/C13H13NO3/c14-10(11-2-1-5-15-11)6-9-3-4-12-13(7-9)17-8-16-12/h1-5,7,10H,6,8,14H2. The molecule has 0 radical (unpaired) electrons. The monoisotopic (exact) mass is 231 g/mol. The van der Waals surface area contributed by atoms with Gasteiger partial charge in [0.25, 0.3) is 0 Å². The first-order valence-electron chi connectivity index (χ1n) is 5.50. The number of furan rings is 1. The van der Waals surface area contributed by atoms with Crippen LogP contribution in [0.1, 0.15) is 17.4 Å². The van der Waals surface area contributed by atoms with Gasteiger partial charge < -0.3 is 19.6 Å². The molecule has 0 spiro atoms. The van der Waals surface area contributed by atoms with Crippen molar-refractivity contribution < 1.29 is 13.9 Å². The summed E-state index contributed by atoms with van der Waals surface area (Å²) in [4.78, 5) is 0. The van der Waals surface area contributed by atoms with Crippen molar-refractivity contribution in [3.05, 3.63) is 47.9 Å². The molecule has 88 valence electrons. The maximum absolute atomic E-state index is 6.05. The van der Waals surface area contributed by atoms with Crippen molar-refractivity contribution in [2.75, 3.05) is 6.79 Å². The predicted molar refractivity (Wildman–Crippen MR) is 61.9 cm³/mol. The molecule has 2 aromatic rings. The highest BCUT2D eigenvalue weighted by Gasteiger charge is 2.15. The quantitative estimate of drug-likeness (QED) is 0.880. The Morgan fingerprint density at radius 1 is 1.18 bits per heavy atom. The molecule has 0 aliphatic carbocycles. The van der Waals surface area contributed by atoms with E-state index in [-0.39, 0.29) is 6.04 Å². The van der Waals surface area contributed by atoms with Crippen LogP contribution in [-0.4, -0.2) is 6.79 Å². The zero-order valence-electron chi connectivity index (χ0n) is 9.26. The van der Waals surface area contributed by atoms with E-state index in [2.05, 4.69) is 0 Å². The molecule has 0 bridgehead atoms. The fourth-order valence-corrected chi connectivity index (χ4v) is 1.92. The van der Waals surface area contributed by atoms with Gasteiger partial charge >= 0.3 is 0 Å². The van der Waals surface area contributed by atoms with Crippen LogP contribution in [0.4, 0.5) is 0 Å². The van der Waals surface area contributed by atoms with Gasteiger partial charge in [-0.1, -0.05) is 6.07 Å². The van der Waals surface area contributed by atoms with E-state index in [9.17, 15) is 0 Å². The molecule has 1 aliphatic heterocycles. The summed E-state index contributed by atoms with van der Waals surface area (Å²) in [5.74, 6) is 2.37. The number of fused-ring (bicyclic) bond motifs is 1. The summed E-state index contributed by atoms with van der Waals surface area (Å²) in [7, 11) is 0. The van der Waals surface area contributed by atoms with Crippen molar-refractivity contribution in [1.29, 1.82) is 0 Å². The fourth-order valence-electron chi connectivity index (χ4n) is 1.92. The molecule has 0 amide bonds. The van der Waals surface area contributed by atoms with Crippen molar-refractivity contribution in [2.45, 2.75) is 12.5 Å². The van der Waals surface area contributed by atoms with Crippen LogP contribution in [0, 0.1) is 0 Å². The van der Waals surface area contributed by atoms with E-state index in [1.54, 1.807) is 6.26 Å². The van der Waals surface area contributed by atoms with Crippen molar-refractivity contribution in [2.24, 2.45) is 5.73 Å². The van der Waals surface area contributed by atoms with Crippen LogP contribution in [0.2, 0.25) is 0 Å². The summed E-state index contributed by atoms with van der Waals surface area (Å²) >= 11 is 0. The van der Waals surface area contributed by atoms with E-state index in [4.69, 9.17) is 19.6 Å². The fraction of sp³-hybridized carbons (Fsp3) is 0.231. The maximum Gasteiger partial charge on any atom is 0.231 e. The summed E-state index contributed by atoms with van der Waals surface area (Å²) in [6.07, 6.45) is 2.35. The van der Waals surface area contributed by atoms with Gasteiger partial charge in [0.15, 0.2) is 11.5 Å². The highest BCUT2D eigenvalue weighted by molar-refractivity contribution is 5.44. The molecule has 1 unspecified atom stereocenters. The van der Waals surface area contributed by atoms with Gasteiger partial charge in [0, 0.05) is 0 Å². The third kappa shape index (κ3) is 1.99. The second-order valence-corrected chi connectivity index (χ2v) is 4.01. The van der Waals surface area contributed by atoms with Crippen LogP contribution in [0.15, 0.2) is 41.0 Å². The van der Waals surface area contributed by atoms with Crippen molar-refractivity contribution in [3.63, 3.8) is 0 Å². The second-order valence-electron chi connectivity index (χ2n) is 4.01. The molecule has 4 heteroatoms. The van der Waals surface area contributed by atoms with Crippen LogP contribution in [0.25, 0.3) is 0 Å². The van der Waals surface area contributed by atoms with E-state index in [1.165, 1.54) is 0 Å². The summed E-state index contributed by atoms with van der Waals surface area (Å²) < 4.78 is 15.9. The van der Waals surface area contributed by atoms with Crippen LogP contribution >= 0.6 is 0 Å². The van der Waals surface area contributed by atoms with Gasteiger partial charge in [-0.3, -0.25) is 0 Å². The molecule has 1 aromatic carbocycles. The lowest BCUT2D eigenvalue weighted by atomic mass is 10.0. The Bertz CT molecular complexity index is 507. The van der Waals surface area contributed by atoms with E-state index in [0.29, 0.717) is 13.2 Å². The zero-order chi connectivity index (χ0) is 11.7. The average molecular weight is 231 g/mol. The lowest BCUT2D eigenvalue weighted by Crippen LogP contribution is -2.12. The summed E-state index contributed by atoms with van der Waals surface area (Å²) in [5.41, 5.74) is 7.16. The summed E-state index contributed by atoms with van der Waals surface area (Å²) in [6, 6.07) is 9.46. The Morgan fingerprint density at radius 3 is 2.88 bits per heavy atom. The molecule has 1 atom stereocenters. The molecule has 0 saturated heterocycles. The maximum atomic E-state index is 6.05. The molecule has 2 N–H and O–H groups in total. The van der Waals surface area contributed by atoms with Gasteiger partial charge in [0.05, 0.1) is 12.3 Å². The molecule has 0 fully saturated rings. The van der Waals surface area contributed by atoms with Crippen LogP contribution in [0.5, 0.6) is 11.5 Å². The minimum absolute atomic E-state index is 0.134. The van der Waals surface area contributed by atoms with Crippen LogP contribution in [0.3, 0.4) is 0 Å². The van der Waals surface area contributed by atoms with E-state index in [1.807, 2.05) is 30.3 Å². The van der Waals surface area contributed by atoms with Crippen LogP contribution in [-0.2, 0) is 6.42 Å². The number of hydrogen-bond donors (Lipinski definition) is 1. The van der Waals surface area contributed by atoms with Crippen molar-refractivity contribution in [3.8, 4) is 11.5 Å². The van der Waals surface area contributed by atoms with Crippen molar-refractivity contribution >= 4 is 0 Å². The lowest BCUT2D eigenvalue weighted by Gasteiger charge is -2.09. The summed E-state index contributed by atoms with van der Waals surface area (Å²) in [6.45, 7) is 0.295. The second kappa shape index (κ2) is 4.14. The molecular formula is C13H13NO3.